The average molecular weight is 456 g/mol. The molecule has 1 aliphatic heterocycles. The molecule has 1 saturated heterocycles. The Hall–Kier alpha value is -3.52. The second-order valence-corrected chi connectivity index (χ2v) is 7.64. The first-order chi connectivity index (χ1) is 15.9. The smallest absolute Gasteiger partial charge is 0.295 e. The molecule has 0 spiro atoms. The number of Topliss-reactive ketones (excluding diaryl/α,β-unsaturated/α-hetero) is 1. The first-order valence-electron chi connectivity index (χ1n) is 10.8. The molecule has 1 heterocycles. The lowest BCUT2D eigenvalue weighted by atomic mass is 9.95. The van der Waals surface area contributed by atoms with Crippen molar-refractivity contribution in [2.45, 2.75) is 25.8 Å². The van der Waals surface area contributed by atoms with Gasteiger partial charge < -0.3 is 29.3 Å². The fourth-order valence-corrected chi connectivity index (χ4v) is 3.71. The Balaban J connectivity index is 2.05. The number of hydrogen-bond acceptors (Lipinski definition) is 7. The summed E-state index contributed by atoms with van der Waals surface area (Å²) in [5.41, 5.74) is 0.864. The molecule has 1 atom stereocenters. The third-order valence-corrected chi connectivity index (χ3v) is 5.49. The van der Waals surface area contributed by atoms with Gasteiger partial charge in [-0.15, -0.1) is 0 Å². The number of benzene rings is 2. The summed E-state index contributed by atoms with van der Waals surface area (Å²) in [6.07, 6.45) is 1.95. The van der Waals surface area contributed by atoms with Crippen LogP contribution < -0.4 is 9.47 Å². The fraction of sp³-hybridized carbons (Fsp3) is 0.360. The van der Waals surface area contributed by atoms with Crippen molar-refractivity contribution in [3.63, 3.8) is 0 Å². The van der Waals surface area contributed by atoms with Crippen LogP contribution in [0, 0.1) is 0 Å². The number of carbonyl (C=O) groups excluding carboxylic acids is 2. The number of aliphatic hydroxyl groups excluding tert-OH is 1. The number of carbonyl (C=O) groups is 2. The minimum atomic E-state index is -0.866. The van der Waals surface area contributed by atoms with E-state index in [0.29, 0.717) is 23.5 Å². The summed E-state index contributed by atoms with van der Waals surface area (Å²) in [4.78, 5) is 27.2. The quantitative estimate of drug-likeness (QED) is 0.244. The maximum atomic E-state index is 13.0. The summed E-state index contributed by atoms with van der Waals surface area (Å²) >= 11 is 0. The van der Waals surface area contributed by atoms with Crippen LogP contribution in [-0.4, -0.2) is 60.8 Å². The first-order valence-corrected chi connectivity index (χ1v) is 10.8. The molecule has 1 fully saturated rings. The molecule has 2 aromatic rings. The molecule has 2 N–H and O–H groups in total. The number of likely N-dealkylation sites (tertiary alicyclic amines) is 1. The van der Waals surface area contributed by atoms with Gasteiger partial charge in [-0.3, -0.25) is 9.59 Å². The fourth-order valence-electron chi connectivity index (χ4n) is 3.71. The van der Waals surface area contributed by atoms with E-state index in [1.807, 2.05) is 0 Å². The van der Waals surface area contributed by atoms with Gasteiger partial charge in [-0.05, 0) is 48.4 Å². The molecule has 1 amide bonds. The number of ketones is 1. The van der Waals surface area contributed by atoms with E-state index in [2.05, 4.69) is 6.92 Å². The SMILES string of the molecule is CCCCOc1ccc(/C(O)=C2\C(=O)C(=O)N(CCOC)C2c2ccc(O)c(OC)c2)cc1. The predicted octanol–water partition coefficient (Wildman–Crippen LogP) is 3.65. The lowest BCUT2D eigenvalue weighted by Gasteiger charge is -2.25. The highest BCUT2D eigenvalue weighted by Gasteiger charge is 2.46. The normalized spacial score (nSPS) is 17.4. The van der Waals surface area contributed by atoms with E-state index in [-0.39, 0.29) is 36.0 Å². The zero-order valence-electron chi connectivity index (χ0n) is 19.0. The van der Waals surface area contributed by atoms with Crippen molar-refractivity contribution < 1.29 is 34.0 Å². The van der Waals surface area contributed by atoms with Crippen molar-refractivity contribution in [3.05, 3.63) is 59.2 Å². The maximum Gasteiger partial charge on any atom is 0.295 e. The van der Waals surface area contributed by atoms with Crippen LogP contribution in [0.2, 0.25) is 0 Å². The Kier molecular flexibility index (Phi) is 7.95. The summed E-state index contributed by atoms with van der Waals surface area (Å²) < 4.78 is 16.0. The first kappa shape index (κ1) is 24.1. The summed E-state index contributed by atoms with van der Waals surface area (Å²) in [6.45, 7) is 3.03. The number of methoxy groups -OCH3 is 2. The number of ether oxygens (including phenoxy) is 3. The molecular weight excluding hydrogens is 426 g/mol. The zero-order chi connectivity index (χ0) is 24.0. The molecule has 1 unspecified atom stereocenters. The van der Waals surface area contributed by atoms with Gasteiger partial charge >= 0.3 is 0 Å². The third-order valence-electron chi connectivity index (χ3n) is 5.49. The van der Waals surface area contributed by atoms with Gasteiger partial charge in [0.1, 0.15) is 11.5 Å². The Morgan fingerprint density at radius 3 is 2.42 bits per heavy atom. The van der Waals surface area contributed by atoms with E-state index in [4.69, 9.17) is 14.2 Å². The highest BCUT2D eigenvalue weighted by molar-refractivity contribution is 6.46. The van der Waals surface area contributed by atoms with Crippen molar-refractivity contribution in [2.24, 2.45) is 0 Å². The molecule has 0 aromatic heterocycles. The number of nitrogens with zero attached hydrogens (tertiary/aromatic N) is 1. The molecule has 8 heteroatoms. The summed E-state index contributed by atoms with van der Waals surface area (Å²) in [7, 11) is 2.91. The van der Waals surface area contributed by atoms with Gasteiger partial charge in [0.2, 0.25) is 0 Å². The number of unbranched alkanes of at least 4 members (excludes halogenated alkanes) is 1. The molecule has 0 bridgehead atoms. The van der Waals surface area contributed by atoms with Gasteiger partial charge in [0.15, 0.2) is 11.5 Å². The summed E-state index contributed by atoms with van der Waals surface area (Å²) in [5, 5.41) is 21.1. The van der Waals surface area contributed by atoms with Crippen molar-refractivity contribution >= 4 is 17.4 Å². The lowest BCUT2D eigenvalue weighted by Crippen LogP contribution is -2.32. The Morgan fingerprint density at radius 1 is 1.06 bits per heavy atom. The van der Waals surface area contributed by atoms with Crippen LogP contribution in [0.5, 0.6) is 17.2 Å². The number of amides is 1. The second kappa shape index (κ2) is 10.9. The predicted molar refractivity (Wildman–Crippen MR) is 122 cm³/mol. The van der Waals surface area contributed by atoms with Crippen molar-refractivity contribution in [1.29, 1.82) is 0 Å². The standard InChI is InChI=1S/C25H29NO7/c1-4-5-13-33-18-9-6-16(7-10-18)23(28)21-22(17-8-11-19(27)20(15-17)32-3)26(12-14-31-2)25(30)24(21)29/h6-11,15,22,27-28H,4-5,12-14H2,1-3H3/b23-21+. The topological polar surface area (TPSA) is 106 Å². The monoisotopic (exact) mass is 455 g/mol. The zero-order valence-corrected chi connectivity index (χ0v) is 19.0. The van der Waals surface area contributed by atoms with E-state index < -0.39 is 17.7 Å². The molecule has 8 nitrogen and oxygen atoms in total. The number of phenolic OH excluding ortho intramolecular Hbond substituents is 1. The van der Waals surface area contributed by atoms with Crippen molar-refractivity contribution in [3.8, 4) is 17.2 Å². The summed E-state index contributed by atoms with van der Waals surface area (Å²) in [5.74, 6) is -1.04. The molecule has 0 aliphatic carbocycles. The largest absolute Gasteiger partial charge is 0.507 e. The Labute approximate surface area is 193 Å². The van der Waals surface area contributed by atoms with Crippen LogP contribution in [-0.2, 0) is 14.3 Å². The van der Waals surface area contributed by atoms with Gasteiger partial charge in [-0.2, -0.15) is 0 Å². The second-order valence-electron chi connectivity index (χ2n) is 7.64. The van der Waals surface area contributed by atoms with Crippen LogP contribution >= 0.6 is 0 Å². The highest BCUT2D eigenvalue weighted by atomic mass is 16.5. The Bertz CT molecular complexity index is 1030. The molecule has 3 rings (SSSR count). The minimum Gasteiger partial charge on any atom is -0.507 e. The maximum absolute atomic E-state index is 13.0. The van der Waals surface area contributed by atoms with Gasteiger partial charge in [0.25, 0.3) is 11.7 Å². The number of aromatic hydroxyl groups is 1. The van der Waals surface area contributed by atoms with E-state index in [1.54, 1.807) is 36.4 Å². The summed E-state index contributed by atoms with van der Waals surface area (Å²) in [6, 6.07) is 10.4. The molecule has 0 radical (unpaired) electrons. The van der Waals surface area contributed by atoms with Crippen LogP contribution in [0.4, 0.5) is 0 Å². The number of aliphatic hydroxyl groups is 1. The van der Waals surface area contributed by atoms with Gasteiger partial charge in [0, 0.05) is 19.2 Å². The Morgan fingerprint density at radius 2 is 1.79 bits per heavy atom. The van der Waals surface area contributed by atoms with Crippen LogP contribution in [0.1, 0.15) is 36.9 Å². The van der Waals surface area contributed by atoms with Crippen LogP contribution in [0.3, 0.4) is 0 Å². The van der Waals surface area contributed by atoms with Gasteiger partial charge in [-0.25, -0.2) is 0 Å². The third kappa shape index (κ3) is 5.12. The molecule has 2 aromatic carbocycles. The molecule has 1 aliphatic rings. The van der Waals surface area contributed by atoms with Gasteiger partial charge in [-0.1, -0.05) is 19.4 Å². The molecule has 33 heavy (non-hydrogen) atoms. The number of rotatable bonds is 10. The minimum absolute atomic E-state index is 0.0384. The number of hydrogen-bond donors (Lipinski definition) is 2. The van der Waals surface area contributed by atoms with E-state index in [1.165, 1.54) is 25.2 Å². The highest BCUT2D eigenvalue weighted by Crippen LogP contribution is 2.41. The van der Waals surface area contributed by atoms with E-state index in [9.17, 15) is 19.8 Å². The molecule has 0 saturated carbocycles. The average Bonchev–Trinajstić information content (AvgIpc) is 3.08. The van der Waals surface area contributed by atoms with Crippen LogP contribution in [0.25, 0.3) is 5.76 Å². The van der Waals surface area contributed by atoms with Crippen LogP contribution in [0.15, 0.2) is 48.0 Å². The lowest BCUT2D eigenvalue weighted by molar-refractivity contribution is -0.140. The number of phenols is 1. The van der Waals surface area contributed by atoms with Crippen molar-refractivity contribution in [2.75, 3.05) is 34.0 Å². The van der Waals surface area contributed by atoms with E-state index in [0.717, 1.165) is 12.8 Å². The van der Waals surface area contributed by atoms with E-state index >= 15 is 0 Å². The van der Waals surface area contributed by atoms with Crippen molar-refractivity contribution in [1.82, 2.24) is 4.90 Å². The molecular formula is C25H29NO7. The molecule has 176 valence electrons. The van der Waals surface area contributed by atoms with Gasteiger partial charge in [0.05, 0.1) is 31.9 Å².